The smallest absolute Gasteiger partial charge is 0.0576 e. The molecule has 0 saturated carbocycles. The molecule has 2 heteroatoms. The second-order valence-corrected chi connectivity index (χ2v) is 5.23. The maximum absolute atomic E-state index is 5.71. The van der Waals surface area contributed by atoms with E-state index in [0.29, 0.717) is 12.1 Å². The first-order chi connectivity index (χ1) is 8.79. The molecule has 0 bridgehead atoms. The molecule has 2 unspecified atom stereocenters. The molecule has 2 rings (SSSR count). The van der Waals surface area contributed by atoms with E-state index >= 15 is 0 Å². The zero-order valence-electron chi connectivity index (χ0n) is 11.6. The van der Waals surface area contributed by atoms with Gasteiger partial charge in [0.15, 0.2) is 0 Å². The van der Waals surface area contributed by atoms with Gasteiger partial charge in [-0.25, -0.2) is 0 Å². The molecule has 1 aromatic carbocycles. The van der Waals surface area contributed by atoms with Gasteiger partial charge in [0, 0.05) is 12.6 Å². The van der Waals surface area contributed by atoms with Crippen LogP contribution in [0.1, 0.15) is 49.8 Å². The Kier molecular flexibility index (Phi) is 5.21. The molecule has 100 valence electrons. The van der Waals surface area contributed by atoms with Crippen LogP contribution in [0, 0.1) is 6.92 Å². The monoisotopic (exact) mass is 247 g/mol. The van der Waals surface area contributed by atoms with Crippen molar-refractivity contribution in [3.05, 3.63) is 35.4 Å². The first-order valence-corrected chi connectivity index (χ1v) is 7.21. The van der Waals surface area contributed by atoms with Crippen molar-refractivity contribution in [1.29, 1.82) is 0 Å². The summed E-state index contributed by atoms with van der Waals surface area (Å²) in [6.45, 7) is 6.29. The second-order valence-electron chi connectivity index (χ2n) is 5.23. The van der Waals surface area contributed by atoms with Crippen molar-refractivity contribution in [1.82, 2.24) is 5.32 Å². The number of ether oxygens (including phenoxy) is 1. The maximum atomic E-state index is 5.71. The van der Waals surface area contributed by atoms with Gasteiger partial charge in [-0.1, -0.05) is 36.8 Å². The standard InChI is InChI=1S/C16H25NO/c1-3-17-16(11-10-15-5-4-12-18-15)14-8-6-13(2)7-9-14/h6-9,15-17H,3-5,10-12H2,1-2H3. The number of benzene rings is 1. The zero-order chi connectivity index (χ0) is 12.8. The van der Waals surface area contributed by atoms with Crippen molar-refractivity contribution < 1.29 is 4.74 Å². The Balaban J connectivity index is 1.91. The highest BCUT2D eigenvalue weighted by molar-refractivity contribution is 5.24. The van der Waals surface area contributed by atoms with Crippen molar-refractivity contribution >= 4 is 0 Å². The van der Waals surface area contributed by atoms with E-state index in [1.54, 1.807) is 0 Å². The van der Waals surface area contributed by atoms with Crippen LogP contribution in [0.5, 0.6) is 0 Å². The Morgan fingerprint density at radius 2 is 2.11 bits per heavy atom. The average Bonchev–Trinajstić information content (AvgIpc) is 2.89. The lowest BCUT2D eigenvalue weighted by Crippen LogP contribution is -2.22. The van der Waals surface area contributed by atoms with Crippen molar-refractivity contribution in [2.75, 3.05) is 13.2 Å². The van der Waals surface area contributed by atoms with E-state index in [4.69, 9.17) is 4.74 Å². The van der Waals surface area contributed by atoms with E-state index in [1.807, 2.05) is 0 Å². The summed E-state index contributed by atoms with van der Waals surface area (Å²) in [4.78, 5) is 0. The van der Waals surface area contributed by atoms with Crippen LogP contribution < -0.4 is 5.32 Å². The molecule has 1 aromatic rings. The summed E-state index contributed by atoms with van der Waals surface area (Å²) in [6.07, 6.45) is 5.32. The largest absolute Gasteiger partial charge is 0.378 e. The predicted octanol–water partition coefficient (Wildman–Crippen LogP) is 3.60. The Labute approximate surface area is 111 Å². The number of hydrogen-bond donors (Lipinski definition) is 1. The van der Waals surface area contributed by atoms with Crippen molar-refractivity contribution in [3.63, 3.8) is 0 Å². The third-order valence-corrected chi connectivity index (χ3v) is 3.73. The number of nitrogens with one attached hydrogen (secondary N) is 1. The van der Waals surface area contributed by atoms with Crippen molar-refractivity contribution in [2.24, 2.45) is 0 Å². The summed E-state index contributed by atoms with van der Waals surface area (Å²) in [5.74, 6) is 0. The fourth-order valence-corrected chi connectivity index (χ4v) is 2.66. The fourth-order valence-electron chi connectivity index (χ4n) is 2.66. The van der Waals surface area contributed by atoms with E-state index < -0.39 is 0 Å². The number of hydrogen-bond acceptors (Lipinski definition) is 2. The highest BCUT2D eigenvalue weighted by Gasteiger charge is 2.18. The van der Waals surface area contributed by atoms with Gasteiger partial charge in [0.1, 0.15) is 0 Å². The Morgan fingerprint density at radius 1 is 1.33 bits per heavy atom. The third-order valence-electron chi connectivity index (χ3n) is 3.73. The molecule has 0 aromatic heterocycles. The molecule has 2 nitrogen and oxygen atoms in total. The third kappa shape index (κ3) is 3.82. The van der Waals surface area contributed by atoms with Gasteiger partial charge in [-0.3, -0.25) is 0 Å². The van der Waals surface area contributed by atoms with E-state index in [1.165, 1.54) is 36.8 Å². The lowest BCUT2D eigenvalue weighted by atomic mass is 9.98. The lowest BCUT2D eigenvalue weighted by molar-refractivity contribution is 0.0996. The van der Waals surface area contributed by atoms with E-state index in [2.05, 4.69) is 43.4 Å². The van der Waals surface area contributed by atoms with Crippen LogP contribution in [-0.4, -0.2) is 19.3 Å². The molecule has 0 aliphatic carbocycles. The van der Waals surface area contributed by atoms with Crippen LogP contribution in [0.3, 0.4) is 0 Å². The molecule has 0 amide bonds. The minimum absolute atomic E-state index is 0.472. The minimum atomic E-state index is 0.472. The highest BCUT2D eigenvalue weighted by Crippen LogP contribution is 2.24. The molecule has 1 saturated heterocycles. The summed E-state index contributed by atoms with van der Waals surface area (Å²) in [7, 11) is 0. The van der Waals surface area contributed by atoms with Crippen molar-refractivity contribution in [3.8, 4) is 0 Å². The zero-order valence-corrected chi connectivity index (χ0v) is 11.6. The molecule has 1 aliphatic heterocycles. The van der Waals surface area contributed by atoms with Gasteiger partial charge in [-0.15, -0.1) is 0 Å². The molecular weight excluding hydrogens is 222 g/mol. The SMILES string of the molecule is CCNC(CCC1CCCO1)c1ccc(C)cc1. The second kappa shape index (κ2) is 6.91. The summed E-state index contributed by atoms with van der Waals surface area (Å²) in [6, 6.07) is 9.37. The first kappa shape index (κ1) is 13.6. The van der Waals surface area contributed by atoms with Crippen LogP contribution in [0.25, 0.3) is 0 Å². The first-order valence-electron chi connectivity index (χ1n) is 7.21. The lowest BCUT2D eigenvalue weighted by Gasteiger charge is -2.20. The molecule has 1 fully saturated rings. The van der Waals surface area contributed by atoms with Gasteiger partial charge >= 0.3 is 0 Å². The molecule has 0 spiro atoms. The minimum Gasteiger partial charge on any atom is -0.378 e. The highest BCUT2D eigenvalue weighted by atomic mass is 16.5. The van der Waals surface area contributed by atoms with E-state index in [9.17, 15) is 0 Å². The number of rotatable bonds is 6. The fraction of sp³-hybridized carbons (Fsp3) is 0.625. The quantitative estimate of drug-likeness (QED) is 0.829. The van der Waals surface area contributed by atoms with Crippen LogP contribution in [0.4, 0.5) is 0 Å². The normalized spacial score (nSPS) is 21.1. The summed E-state index contributed by atoms with van der Waals surface area (Å²) in [5.41, 5.74) is 2.73. The predicted molar refractivity (Wildman–Crippen MR) is 75.8 cm³/mol. The van der Waals surface area contributed by atoms with Crippen LogP contribution in [0.2, 0.25) is 0 Å². The van der Waals surface area contributed by atoms with Crippen LogP contribution in [0.15, 0.2) is 24.3 Å². The molecule has 1 aliphatic rings. The Morgan fingerprint density at radius 3 is 2.72 bits per heavy atom. The van der Waals surface area contributed by atoms with Gasteiger partial charge < -0.3 is 10.1 Å². The Hall–Kier alpha value is -0.860. The van der Waals surface area contributed by atoms with Gasteiger partial charge in [-0.2, -0.15) is 0 Å². The summed E-state index contributed by atoms with van der Waals surface area (Å²) in [5, 5.41) is 3.59. The van der Waals surface area contributed by atoms with Gasteiger partial charge in [0.2, 0.25) is 0 Å². The van der Waals surface area contributed by atoms with Crippen LogP contribution in [-0.2, 0) is 4.74 Å². The number of aryl methyl sites for hydroxylation is 1. The molecule has 1 heterocycles. The topological polar surface area (TPSA) is 21.3 Å². The summed E-state index contributed by atoms with van der Waals surface area (Å²) < 4.78 is 5.71. The van der Waals surface area contributed by atoms with E-state index in [-0.39, 0.29) is 0 Å². The van der Waals surface area contributed by atoms with Gasteiger partial charge in [0.05, 0.1) is 6.10 Å². The maximum Gasteiger partial charge on any atom is 0.0576 e. The van der Waals surface area contributed by atoms with Crippen molar-refractivity contribution in [2.45, 2.75) is 51.7 Å². The molecule has 1 N–H and O–H groups in total. The molecule has 0 radical (unpaired) electrons. The van der Waals surface area contributed by atoms with Gasteiger partial charge in [-0.05, 0) is 44.7 Å². The van der Waals surface area contributed by atoms with Crippen LogP contribution >= 0.6 is 0 Å². The van der Waals surface area contributed by atoms with E-state index in [0.717, 1.165) is 13.2 Å². The average molecular weight is 247 g/mol. The van der Waals surface area contributed by atoms with Gasteiger partial charge in [0.25, 0.3) is 0 Å². The molecule has 18 heavy (non-hydrogen) atoms. The Bertz CT molecular complexity index is 341. The summed E-state index contributed by atoms with van der Waals surface area (Å²) >= 11 is 0. The molecular formula is C16H25NO. The molecule has 2 atom stereocenters.